The van der Waals surface area contributed by atoms with Gasteiger partial charge in [-0.25, -0.2) is 0 Å². The summed E-state index contributed by atoms with van der Waals surface area (Å²) in [6.45, 7) is 27.3. The predicted molar refractivity (Wildman–Crippen MR) is 133 cm³/mol. The molecular weight excluding hydrogens is 370 g/mol. The minimum Gasteiger partial charge on any atom is -0.313 e. The molecule has 0 unspecified atom stereocenters. The summed E-state index contributed by atoms with van der Waals surface area (Å²) >= 11 is 0. The minimum atomic E-state index is 0.194. The molecule has 0 spiro atoms. The fourth-order valence-corrected chi connectivity index (χ4v) is 3.98. The third-order valence-electron chi connectivity index (χ3n) is 6.46. The Balaban J connectivity index is 0.000000522. The molecular formula is C26H55N3O. The fourth-order valence-electron chi connectivity index (χ4n) is 3.98. The molecule has 2 fully saturated rings. The molecule has 2 saturated heterocycles. The quantitative estimate of drug-likeness (QED) is 0.571. The van der Waals surface area contributed by atoms with Crippen LogP contribution in [0.15, 0.2) is 0 Å². The van der Waals surface area contributed by atoms with Crippen LogP contribution in [0.1, 0.15) is 88.0 Å². The number of nitrogens with one attached hydrogen (secondary N) is 1. The maximum Gasteiger partial charge on any atom is 0.149 e. The maximum absolute atomic E-state index is 11.5. The Morgan fingerprint density at radius 1 is 0.867 bits per heavy atom. The molecule has 4 heteroatoms. The van der Waals surface area contributed by atoms with Crippen molar-refractivity contribution in [2.75, 3.05) is 45.8 Å². The number of rotatable bonds is 8. The smallest absolute Gasteiger partial charge is 0.149 e. The van der Waals surface area contributed by atoms with E-state index in [-0.39, 0.29) is 5.92 Å². The molecule has 0 radical (unpaired) electrons. The zero-order valence-electron chi connectivity index (χ0n) is 22.0. The van der Waals surface area contributed by atoms with Crippen LogP contribution in [0.2, 0.25) is 0 Å². The van der Waals surface area contributed by atoms with E-state index in [1.807, 2.05) is 27.7 Å². The Morgan fingerprint density at radius 2 is 1.37 bits per heavy atom. The topological polar surface area (TPSA) is 35.6 Å². The van der Waals surface area contributed by atoms with Crippen molar-refractivity contribution >= 4 is 5.78 Å². The lowest BCUT2D eigenvalue weighted by atomic mass is 9.87. The third-order valence-corrected chi connectivity index (χ3v) is 6.46. The van der Waals surface area contributed by atoms with E-state index in [2.05, 4.69) is 49.7 Å². The molecule has 4 nitrogen and oxygen atoms in total. The second-order valence-corrected chi connectivity index (χ2v) is 10.1. The van der Waals surface area contributed by atoms with Gasteiger partial charge < -0.3 is 10.2 Å². The van der Waals surface area contributed by atoms with E-state index in [4.69, 9.17) is 0 Å². The molecule has 180 valence electrons. The van der Waals surface area contributed by atoms with Crippen LogP contribution in [0.4, 0.5) is 0 Å². The highest BCUT2D eigenvalue weighted by Crippen LogP contribution is 2.23. The van der Waals surface area contributed by atoms with Gasteiger partial charge in [0.15, 0.2) is 0 Å². The van der Waals surface area contributed by atoms with E-state index in [0.717, 1.165) is 37.4 Å². The number of nitrogens with zero attached hydrogens (tertiary/aromatic N) is 2. The first-order valence-electron chi connectivity index (χ1n) is 12.9. The zero-order chi connectivity index (χ0) is 23.1. The number of carbonyl (C=O) groups is 1. The number of likely N-dealkylation sites (tertiary alicyclic amines) is 2. The van der Waals surface area contributed by atoms with Gasteiger partial charge in [-0.05, 0) is 69.6 Å². The Morgan fingerprint density at radius 3 is 1.80 bits per heavy atom. The van der Waals surface area contributed by atoms with Crippen molar-refractivity contribution in [2.24, 2.45) is 23.7 Å². The van der Waals surface area contributed by atoms with Gasteiger partial charge in [0.25, 0.3) is 0 Å². The molecule has 0 aromatic rings. The molecule has 1 N–H and O–H groups in total. The summed E-state index contributed by atoms with van der Waals surface area (Å²) in [6.07, 6.45) is 5.31. The van der Waals surface area contributed by atoms with Gasteiger partial charge >= 0.3 is 0 Å². The van der Waals surface area contributed by atoms with E-state index >= 15 is 0 Å². The molecule has 0 bridgehead atoms. The monoisotopic (exact) mass is 425 g/mol. The first-order valence-corrected chi connectivity index (χ1v) is 12.9. The summed E-state index contributed by atoms with van der Waals surface area (Å²) in [7, 11) is 0. The molecule has 0 saturated carbocycles. The van der Waals surface area contributed by atoms with Crippen LogP contribution in [0.3, 0.4) is 0 Å². The van der Waals surface area contributed by atoms with Crippen molar-refractivity contribution in [2.45, 2.75) is 94.0 Å². The molecule has 0 atom stereocenters. The van der Waals surface area contributed by atoms with E-state index in [9.17, 15) is 4.79 Å². The normalized spacial score (nSPS) is 19.5. The highest BCUT2D eigenvalue weighted by molar-refractivity contribution is 5.82. The van der Waals surface area contributed by atoms with Gasteiger partial charge in [0.2, 0.25) is 0 Å². The van der Waals surface area contributed by atoms with Gasteiger partial charge in [0.05, 0.1) is 6.54 Å². The van der Waals surface area contributed by atoms with E-state index in [0.29, 0.717) is 18.4 Å². The average molecular weight is 426 g/mol. The first kappa shape index (κ1) is 29.5. The number of ketones is 1. The molecule has 0 aliphatic carbocycles. The molecule has 30 heavy (non-hydrogen) atoms. The molecule has 0 amide bonds. The van der Waals surface area contributed by atoms with Gasteiger partial charge in [-0.1, -0.05) is 62.3 Å². The number of piperidine rings is 2. The largest absolute Gasteiger partial charge is 0.313 e. The van der Waals surface area contributed by atoms with Gasteiger partial charge in [-0.2, -0.15) is 0 Å². The zero-order valence-corrected chi connectivity index (χ0v) is 22.0. The van der Waals surface area contributed by atoms with Crippen LogP contribution in [0, 0.1) is 23.7 Å². The molecule has 2 rings (SSSR count). The van der Waals surface area contributed by atoms with Crippen LogP contribution in [-0.2, 0) is 4.79 Å². The van der Waals surface area contributed by atoms with Crippen molar-refractivity contribution in [3.05, 3.63) is 0 Å². The summed E-state index contributed by atoms with van der Waals surface area (Å²) in [5.74, 6) is 3.28. The molecule has 2 aliphatic rings. The highest BCUT2D eigenvalue weighted by Gasteiger charge is 2.21. The van der Waals surface area contributed by atoms with Crippen molar-refractivity contribution in [1.82, 2.24) is 15.1 Å². The Bertz CT molecular complexity index is 404. The van der Waals surface area contributed by atoms with E-state index in [1.54, 1.807) is 0 Å². The second kappa shape index (κ2) is 17.1. The predicted octanol–water partition coefficient (Wildman–Crippen LogP) is 5.32. The van der Waals surface area contributed by atoms with Crippen LogP contribution in [0.5, 0.6) is 0 Å². The van der Waals surface area contributed by atoms with Crippen LogP contribution >= 0.6 is 0 Å². The number of hydrogen-bond acceptors (Lipinski definition) is 4. The summed E-state index contributed by atoms with van der Waals surface area (Å²) in [4.78, 5) is 16.4. The number of carbonyl (C=O) groups excluding carboxylic acids is 1. The first-order chi connectivity index (χ1) is 14.2. The number of Topliss-reactive ketones (excluding diaryl/α,β-unsaturated/α-hetero) is 1. The average Bonchev–Trinajstić information content (AvgIpc) is 2.71. The second-order valence-electron chi connectivity index (χ2n) is 10.1. The summed E-state index contributed by atoms with van der Waals surface area (Å²) in [5, 5.41) is 3.49. The SMILES string of the molecule is CC.CC(C)NCCN1CCC(C(C)C)CC1.CC1CCN(CC(=O)C(C)C)CC1. The van der Waals surface area contributed by atoms with Crippen LogP contribution in [0.25, 0.3) is 0 Å². The van der Waals surface area contributed by atoms with Crippen LogP contribution < -0.4 is 5.32 Å². The van der Waals surface area contributed by atoms with E-state index < -0.39 is 0 Å². The number of hydrogen-bond donors (Lipinski definition) is 1. The molecule has 0 aromatic carbocycles. The summed E-state index contributed by atoms with van der Waals surface area (Å²) in [6, 6.07) is 0.623. The van der Waals surface area contributed by atoms with Crippen LogP contribution in [-0.4, -0.2) is 67.4 Å². The van der Waals surface area contributed by atoms with Crippen molar-refractivity contribution < 1.29 is 4.79 Å². The Labute approximate surface area is 189 Å². The van der Waals surface area contributed by atoms with Gasteiger partial charge in [-0.15, -0.1) is 0 Å². The minimum absolute atomic E-state index is 0.194. The lowest BCUT2D eigenvalue weighted by Gasteiger charge is -2.34. The third kappa shape index (κ3) is 13.8. The standard InChI is InChI=1S/C13H28N2.C11H21NO.C2H6/c1-11(2)13-5-8-15(9-6-13)10-7-14-12(3)4;1-9(2)11(13)8-12-6-4-10(3)5-7-12;1-2/h11-14H,5-10H2,1-4H3;9-10H,4-8H2,1-3H3;1-2H3. The highest BCUT2D eigenvalue weighted by atomic mass is 16.1. The van der Waals surface area contributed by atoms with Gasteiger partial charge in [0.1, 0.15) is 5.78 Å². The van der Waals surface area contributed by atoms with Crippen molar-refractivity contribution in [1.29, 1.82) is 0 Å². The van der Waals surface area contributed by atoms with Crippen molar-refractivity contribution in [3.63, 3.8) is 0 Å². The lowest BCUT2D eigenvalue weighted by Crippen LogP contribution is -2.40. The van der Waals surface area contributed by atoms with Gasteiger partial charge in [-0.3, -0.25) is 9.69 Å². The lowest BCUT2D eigenvalue weighted by molar-refractivity contribution is -0.123. The Kier molecular flexibility index (Phi) is 16.9. The maximum atomic E-state index is 11.5. The fraction of sp³-hybridized carbons (Fsp3) is 0.962. The molecule has 2 aliphatic heterocycles. The van der Waals surface area contributed by atoms with E-state index in [1.165, 1.54) is 45.3 Å². The Hall–Kier alpha value is -0.450. The molecule has 2 heterocycles. The summed E-state index contributed by atoms with van der Waals surface area (Å²) < 4.78 is 0. The van der Waals surface area contributed by atoms with Gasteiger partial charge in [0, 0.05) is 25.0 Å². The molecule has 0 aromatic heterocycles. The summed E-state index contributed by atoms with van der Waals surface area (Å²) in [5.41, 5.74) is 0. The van der Waals surface area contributed by atoms with Crippen molar-refractivity contribution in [3.8, 4) is 0 Å².